The maximum absolute atomic E-state index is 14.0. The smallest absolute Gasteiger partial charge is 0.417 e. The molecule has 0 unspecified atom stereocenters. The number of ether oxygens (including phenoxy) is 1. The first-order chi connectivity index (χ1) is 17.2. The van der Waals surface area contributed by atoms with Crippen molar-refractivity contribution in [1.29, 1.82) is 0 Å². The predicted molar refractivity (Wildman–Crippen MR) is 127 cm³/mol. The number of halogens is 3. The number of hydrogen-bond acceptors (Lipinski definition) is 6. The predicted octanol–water partition coefficient (Wildman–Crippen LogP) is 5.54. The average Bonchev–Trinajstić information content (AvgIpc) is 2.87. The van der Waals surface area contributed by atoms with E-state index in [-0.39, 0.29) is 27.9 Å². The van der Waals surface area contributed by atoms with Gasteiger partial charge in [-0.25, -0.2) is 0 Å². The number of carbonyl (C=O) groups is 2. The van der Waals surface area contributed by atoms with Crippen LogP contribution in [-0.4, -0.2) is 43.1 Å². The first-order valence-electron chi connectivity index (χ1n) is 11.6. The molecule has 0 spiro atoms. The quantitative estimate of drug-likeness (QED) is 0.283. The summed E-state index contributed by atoms with van der Waals surface area (Å²) < 4.78 is 47.0. The van der Waals surface area contributed by atoms with Gasteiger partial charge in [-0.3, -0.25) is 9.59 Å². The van der Waals surface area contributed by atoms with Crippen molar-refractivity contribution in [2.24, 2.45) is 5.92 Å². The van der Waals surface area contributed by atoms with Crippen LogP contribution in [0, 0.1) is 5.92 Å². The Morgan fingerprint density at radius 3 is 2.61 bits per heavy atom. The molecule has 1 saturated heterocycles. The van der Waals surface area contributed by atoms with Crippen molar-refractivity contribution in [2.45, 2.75) is 42.2 Å². The molecular formula is C26H26F3NO5S. The molecular weight excluding hydrogens is 495 g/mol. The number of benzene rings is 2. The van der Waals surface area contributed by atoms with E-state index in [1.807, 2.05) is 0 Å². The highest BCUT2D eigenvalue weighted by atomic mass is 32.2. The molecule has 0 saturated carbocycles. The van der Waals surface area contributed by atoms with Gasteiger partial charge in [-0.1, -0.05) is 24.4 Å². The van der Waals surface area contributed by atoms with Gasteiger partial charge < -0.3 is 14.5 Å². The van der Waals surface area contributed by atoms with E-state index in [9.17, 15) is 22.8 Å². The van der Waals surface area contributed by atoms with Crippen molar-refractivity contribution >= 4 is 29.2 Å². The molecule has 36 heavy (non-hydrogen) atoms. The van der Waals surface area contributed by atoms with E-state index in [0.717, 1.165) is 23.4 Å². The topological polar surface area (TPSA) is 65.1 Å². The second-order valence-electron chi connectivity index (χ2n) is 8.53. The molecule has 0 bridgehead atoms. The molecule has 2 aliphatic rings. The minimum absolute atomic E-state index is 0.0161. The van der Waals surface area contributed by atoms with Crippen molar-refractivity contribution in [1.82, 2.24) is 4.90 Å². The lowest BCUT2D eigenvalue weighted by Gasteiger charge is -2.31. The second-order valence-corrected chi connectivity index (χ2v) is 9.65. The number of nitrogens with zero attached hydrogens (tertiary/aromatic N) is 1. The molecule has 6 nitrogen and oxygen atoms in total. The Kier molecular flexibility index (Phi) is 7.94. The Morgan fingerprint density at radius 1 is 1.17 bits per heavy atom. The van der Waals surface area contributed by atoms with Crippen molar-refractivity contribution in [3.8, 4) is 5.75 Å². The van der Waals surface area contributed by atoms with Gasteiger partial charge in [0.15, 0.2) is 5.75 Å². The second kappa shape index (κ2) is 11.0. The third-order valence-electron chi connectivity index (χ3n) is 6.16. The monoisotopic (exact) mass is 521 g/mol. The van der Waals surface area contributed by atoms with Crippen molar-refractivity contribution in [3.05, 3.63) is 59.7 Å². The molecule has 0 atom stereocenters. The summed E-state index contributed by atoms with van der Waals surface area (Å²) in [5.74, 6) is -0.454. The number of carbonyl (C=O) groups excluding carboxylic acids is 2. The zero-order valence-corrected chi connectivity index (χ0v) is 20.5. The zero-order valence-electron chi connectivity index (χ0n) is 19.7. The Morgan fingerprint density at radius 2 is 1.92 bits per heavy atom. The van der Waals surface area contributed by atoms with Crippen LogP contribution in [0.15, 0.2) is 52.8 Å². The summed E-state index contributed by atoms with van der Waals surface area (Å²) in [6.07, 6.45) is -3.13. The van der Waals surface area contributed by atoms with Crippen LogP contribution in [0.2, 0.25) is 0 Å². The zero-order chi connectivity index (χ0) is 25.9. The van der Waals surface area contributed by atoms with Crippen molar-refractivity contribution < 1.29 is 37.3 Å². The summed E-state index contributed by atoms with van der Waals surface area (Å²) in [5, 5.41) is 0. The lowest BCUT2D eigenvalue weighted by molar-refractivity contribution is -0.215. The van der Waals surface area contributed by atoms with Crippen LogP contribution in [0.3, 0.4) is 0 Å². The van der Waals surface area contributed by atoms with E-state index in [4.69, 9.17) is 14.5 Å². The highest BCUT2D eigenvalue weighted by Crippen LogP contribution is 2.42. The molecule has 10 heteroatoms. The average molecular weight is 522 g/mol. The van der Waals surface area contributed by atoms with Crippen LogP contribution in [0.5, 0.6) is 5.75 Å². The molecule has 2 aliphatic heterocycles. The van der Waals surface area contributed by atoms with Gasteiger partial charge >= 0.3 is 12.1 Å². The van der Waals surface area contributed by atoms with Gasteiger partial charge in [0.2, 0.25) is 0 Å². The molecule has 0 radical (unpaired) electrons. The Bertz CT molecular complexity index is 1160. The number of esters is 1. The fourth-order valence-corrected chi connectivity index (χ4v) is 5.21. The highest BCUT2D eigenvalue weighted by Gasteiger charge is 2.35. The van der Waals surface area contributed by atoms with Gasteiger partial charge in [-0.15, -0.1) is 0 Å². The normalized spacial score (nSPS) is 16.2. The summed E-state index contributed by atoms with van der Waals surface area (Å²) in [4.78, 5) is 37.1. The van der Waals surface area contributed by atoms with Crippen molar-refractivity contribution in [3.63, 3.8) is 0 Å². The molecule has 2 heterocycles. The van der Waals surface area contributed by atoms with Gasteiger partial charge in [0, 0.05) is 40.4 Å². The van der Waals surface area contributed by atoms with Gasteiger partial charge in [-0.05, 0) is 55.7 Å². The summed E-state index contributed by atoms with van der Waals surface area (Å²) in [6, 6.07) is 8.97. The van der Waals surface area contributed by atoms with Crippen LogP contribution in [0.1, 0.15) is 36.5 Å². The summed E-state index contributed by atoms with van der Waals surface area (Å²) in [7, 11) is 0. The van der Waals surface area contributed by atoms with Crippen molar-refractivity contribution in [2.75, 3.05) is 26.3 Å². The fraction of sp³-hybridized carbons (Fsp3) is 0.385. The summed E-state index contributed by atoms with van der Waals surface area (Å²) in [6.45, 7) is 6.81. The van der Waals surface area contributed by atoms with Crippen LogP contribution in [-0.2, 0) is 31.8 Å². The van der Waals surface area contributed by atoms with E-state index < -0.39 is 17.6 Å². The fourth-order valence-electron chi connectivity index (χ4n) is 4.20. The Labute approximate surface area is 211 Å². The third-order valence-corrected chi connectivity index (χ3v) is 7.22. The Hall–Kier alpha value is -2.98. The first kappa shape index (κ1) is 26.1. The molecule has 0 aliphatic carbocycles. The number of likely N-dealkylation sites (tertiary alicyclic amines) is 1. The summed E-state index contributed by atoms with van der Waals surface area (Å²) >= 11 is 0.992. The van der Waals surface area contributed by atoms with Gasteiger partial charge in [-0.2, -0.15) is 18.1 Å². The van der Waals surface area contributed by atoms with Crippen LogP contribution >= 0.6 is 11.8 Å². The molecule has 2 aromatic rings. The lowest BCUT2D eigenvalue weighted by Crippen LogP contribution is -2.40. The van der Waals surface area contributed by atoms with E-state index >= 15 is 0 Å². The first-order valence-corrected chi connectivity index (χ1v) is 12.5. The van der Waals surface area contributed by atoms with E-state index in [1.54, 1.807) is 25.1 Å². The van der Waals surface area contributed by atoms with Crippen LogP contribution in [0.4, 0.5) is 13.2 Å². The summed E-state index contributed by atoms with van der Waals surface area (Å²) in [5.41, 5.74) is 0.122. The van der Waals surface area contributed by atoms with Crippen LogP contribution in [0.25, 0.3) is 5.57 Å². The van der Waals surface area contributed by atoms with E-state index in [0.29, 0.717) is 56.2 Å². The minimum atomic E-state index is -4.62. The molecule has 192 valence electrons. The van der Waals surface area contributed by atoms with E-state index in [1.165, 1.54) is 17.0 Å². The van der Waals surface area contributed by atoms with Crippen LogP contribution < -0.4 is 4.89 Å². The minimum Gasteiger partial charge on any atom is -0.466 e. The third kappa shape index (κ3) is 5.87. The number of rotatable bonds is 6. The standard InChI is InChI=1S/C26H26F3NO5S/c1-3-33-25(32)17-8-11-30(12-9-17)24(31)16(2)18-4-7-23(21(15-18)26(27,28)29)36-20-5-6-22-19(14-20)10-13-34-35-22/h4-7,14-15,17H,2-3,8-13H2,1H3. The van der Waals surface area contributed by atoms with E-state index in [2.05, 4.69) is 6.58 Å². The number of piperidine rings is 1. The van der Waals surface area contributed by atoms with Gasteiger partial charge in [0.05, 0.1) is 24.7 Å². The van der Waals surface area contributed by atoms with Gasteiger partial charge in [0.1, 0.15) is 0 Å². The molecule has 4 rings (SSSR count). The molecule has 2 aromatic carbocycles. The molecule has 0 N–H and O–H groups in total. The Balaban J connectivity index is 1.50. The molecule has 1 amide bonds. The molecule has 1 fully saturated rings. The SMILES string of the molecule is C=C(C(=O)N1CCC(C(=O)OCC)CC1)c1ccc(Sc2ccc3c(c2)CCOO3)c(C(F)(F)F)c1. The van der Waals surface area contributed by atoms with Gasteiger partial charge in [0.25, 0.3) is 5.91 Å². The maximum Gasteiger partial charge on any atom is 0.417 e. The largest absolute Gasteiger partial charge is 0.466 e. The number of alkyl halides is 3. The number of fused-ring (bicyclic) bond motifs is 1. The number of amides is 1. The number of hydrogen-bond donors (Lipinski definition) is 0. The lowest BCUT2D eigenvalue weighted by atomic mass is 9.95. The highest BCUT2D eigenvalue weighted by molar-refractivity contribution is 7.99. The maximum atomic E-state index is 14.0. The molecule has 0 aromatic heterocycles.